The van der Waals surface area contributed by atoms with Gasteiger partial charge < -0.3 is 19.3 Å². The second-order valence-corrected chi connectivity index (χ2v) is 12.1. The molecule has 0 radical (unpaired) electrons. The Morgan fingerprint density at radius 1 is 1.25 bits per heavy atom. The molecule has 1 saturated carbocycles. The van der Waals surface area contributed by atoms with E-state index in [0.717, 1.165) is 42.8 Å². The Kier molecular flexibility index (Phi) is 7.43. The number of ether oxygens (including phenoxy) is 1. The highest BCUT2D eigenvalue weighted by Gasteiger charge is 2.36. The molecule has 0 bridgehead atoms. The predicted molar refractivity (Wildman–Crippen MR) is 132 cm³/mol. The van der Waals surface area contributed by atoms with E-state index in [1.54, 1.807) is 4.57 Å². The van der Waals surface area contributed by atoms with Crippen molar-refractivity contribution in [3.63, 3.8) is 0 Å². The minimum Gasteiger partial charge on any atom is -0.491 e. The van der Waals surface area contributed by atoms with Gasteiger partial charge in [0, 0.05) is 17.1 Å². The summed E-state index contributed by atoms with van der Waals surface area (Å²) in [5.41, 5.74) is -2.22. The summed E-state index contributed by atoms with van der Waals surface area (Å²) in [6.07, 6.45) is 1.49. The number of thiazole rings is 1. The zero-order valence-electron chi connectivity index (χ0n) is 21.2. The standard InChI is InChI=1S/C26H34F3N3O3S/c1-24(2,3)21-14-32(16-25(34)10-6-11-25)23(36-21)30-22(33)19-13-17(26(27,28)29)8-9-20(19)35-15-18-7-5-12-31(18)4/h8-9,13-14,18,34H,5-7,10-12,15-16H2,1-4H3/t18-/m0/s1. The van der Waals surface area contributed by atoms with Crippen molar-refractivity contribution >= 4 is 17.2 Å². The fourth-order valence-electron chi connectivity index (χ4n) is 4.51. The van der Waals surface area contributed by atoms with Gasteiger partial charge in [-0.15, -0.1) is 11.3 Å². The zero-order valence-corrected chi connectivity index (χ0v) is 22.0. The van der Waals surface area contributed by atoms with E-state index in [2.05, 4.69) is 9.89 Å². The first-order valence-electron chi connectivity index (χ1n) is 12.3. The topological polar surface area (TPSA) is 67.1 Å². The quantitative estimate of drug-likeness (QED) is 0.577. The summed E-state index contributed by atoms with van der Waals surface area (Å²) >= 11 is 1.31. The van der Waals surface area contributed by atoms with E-state index in [-0.39, 0.29) is 35.9 Å². The summed E-state index contributed by atoms with van der Waals surface area (Å²) in [4.78, 5) is 21.1. The van der Waals surface area contributed by atoms with Crippen LogP contribution in [-0.2, 0) is 18.1 Å². The number of benzene rings is 1. The maximum Gasteiger partial charge on any atom is 0.416 e. The third-order valence-corrected chi connectivity index (χ3v) is 8.49. The van der Waals surface area contributed by atoms with Crippen LogP contribution in [0.3, 0.4) is 0 Å². The van der Waals surface area contributed by atoms with Crippen LogP contribution in [-0.4, -0.2) is 52.3 Å². The van der Waals surface area contributed by atoms with Crippen molar-refractivity contribution in [2.75, 3.05) is 20.2 Å². The van der Waals surface area contributed by atoms with Crippen LogP contribution in [0.1, 0.15) is 73.7 Å². The van der Waals surface area contributed by atoms with Crippen molar-refractivity contribution in [3.05, 3.63) is 45.2 Å². The third-order valence-electron chi connectivity index (χ3n) is 7.05. The number of carbonyl (C=O) groups is 1. The first-order chi connectivity index (χ1) is 16.7. The lowest BCUT2D eigenvalue weighted by Gasteiger charge is -2.36. The summed E-state index contributed by atoms with van der Waals surface area (Å²) in [6, 6.07) is 3.10. The molecular weight excluding hydrogens is 491 g/mol. The average molecular weight is 526 g/mol. The summed E-state index contributed by atoms with van der Waals surface area (Å²) in [7, 11) is 1.98. The van der Waals surface area contributed by atoms with Crippen LogP contribution in [0.2, 0.25) is 0 Å². The molecule has 2 aromatic rings. The molecule has 1 atom stereocenters. The average Bonchev–Trinajstić information content (AvgIpc) is 3.36. The monoisotopic (exact) mass is 525 g/mol. The number of aromatic nitrogens is 1. The van der Waals surface area contributed by atoms with Crippen LogP contribution in [0, 0.1) is 0 Å². The number of likely N-dealkylation sites (N-methyl/N-ethyl adjacent to an activating group) is 1. The molecule has 1 N–H and O–H groups in total. The zero-order chi connectivity index (χ0) is 26.3. The fourth-order valence-corrected chi connectivity index (χ4v) is 5.56. The van der Waals surface area contributed by atoms with Crippen molar-refractivity contribution in [2.45, 2.75) is 82.7 Å². The molecule has 36 heavy (non-hydrogen) atoms. The normalized spacial score (nSPS) is 21.0. The highest BCUT2D eigenvalue weighted by molar-refractivity contribution is 7.09. The molecule has 1 saturated heterocycles. The third kappa shape index (κ3) is 6.03. The van der Waals surface area contributed by atoms with Gasteiger partial charge in [0.05, 0.1) is 23.3 Å². The van der Waals surface area contributed by atoms with E-state index in [0.29, 0.717) is 17.6 Å². The van der Waals surface area contributed by atoms with E-state index in [9.17, 15) is 23.1 Å². The lowest BCUT2D eigenvalue weighted by atomic mass is 9.80. The largest absolute Gasteiger partial charge is 0.491 e. The molecule has 198 valence electrons. The van der Waals surface area contributed by atoms with Crippen LogP contribution >= 0.6 is 11.3 Å². The van der Waals surface area contributed by atoms with Crippen LogP contribution < -0.4 is 9.54 Å². The number of hydrogen-bond acceptors (Lipinski definition) is 5. The van der Waals surface area contributed by atoms with Gasteiger partial charge in [-0.2, -0.15) is 18.2 Å². The molecule has 10 heteroatoms. The van der Waals surface area contributed by atoms with Gasteiger partial charge in [0.15, 0.2) is 4.80 Å². The minimum absolute atomic E-state index is 0.0915. The van der Waals surface area contributed by atoms with Gasteiger partial charge in [0.25, 0.3) is 5.91 Å². The van der Waals surface area contributed by atoms with Gasteiger partial charge >= 0.3 is 6.18 Å². The summed E-state index contributed by atoms with van der Waals surface area (Å²) in [6.45, 7) is 7.60. The molecule has 1 aliphatic carbocycles. The van der Waals surface area contributed by atoms with Gasteiger partial charge in [0.2, 0.25) is 0 Å². The number of likely N-dealkylation sites (tertiary alicyclic amines) is 1. The van der Waals surface area contributed by atoms with Gasteiger partial charge in [-0.1, -0.05) is 20.8 Å². The molecule has 1 amide bonds. The van der Waals surface area contributed by atoms with Crippen molar-refractivity contribution in [1.82, 2.24) is 9.47 Å². The number of hydrogen-bond donors (Lipinski definition) is 1. The Balaban J connectivity index is 1.71. The Bertz CT molecular complexity index is 1180. The lowest BCUT2D eigenvalue weighted by molar-refractivity contribution is -0.137. The minimum atomic E-state index is -4.60. The summed E-state index contributed by atoms with van der Waals surface area (Å²) in [5.74, 6) is -0.707. The first-order valence-corrected chi connectivity index (χ1v) is 13.1. The van der Waals surface area contributed by atoms with E-state index >= 15 is 0 Å². The number of amides is 1. The van der Waals surface area contributed by atoms with Crippen LogP contribution in [0.15, 0.2) is 29.4 Å². The number of rotatable bonds is 6. The number of aliphatic hydroxyl groups is 1. The Morgan fingerprint density at radius 2 is 1.97 bits per heavy atom. The number of nitrogens with zero attached hydrogens (tertiary/aromatic N) is 3. The maximum atomic E-state index is 13.5. The van der Waals surface area contributed by atoms with Crippen molar-refractivity contribution in [1.29, 1.82) is 0 Å². The molecule has 0 spiro atoms. The van der Waals surface area contributed by atoms with Gasteiger partial charge in [-0.25, -0.2) is 0 Å². The van der Waals surface area contributed by atoms with Crippen LogP contribution in [0.4, 0.5) is 13.2 Å². The van der Waals surface area contributed by atoms with E-state index in [1.165, 1.54) is 17.4 Å². The van der Waals surface area contributed by atoms with Gasteiger partial charge in [0.1, 0.15) is 12.4 Å². The molecule has 4 rings (SSSR count). The van der Waals surface area contributed by atoms with Gasteiger partial charge in [-0.05, 0) is 69.3 Å². The van der Waals surface area contributed by atoms with E-state index in [4.69, 9.17) is 4.74 Å². The molecular formula is C26H34F3N3O3S. The second kappa shape index (κ2) is 9.95. The first kappa shape index (κ1) is 26.9. The smallest absolute Gasteiger partial charge is 0.416 e. The molecule has 1 aliphatic heterocycles. The number of halogens is 3. The number of carbonyl (C=O) groups excluding carboxylic acids is 1. The van der Waals surface area contributed by atoms with Crippen LogP contribution in [0.25, 0.3) is 0 Å². The highest BCUT2D eigenvalue weighted by Crippen LogP contribution is 2.35. The Morgan fingerprint density at radius 3 is 2.53 bits per heavy atom. The van der Waals surface area contributed by atoms with E-state index < -0.39 is 23.2 Å². The van der Waals surface area contributed by atoms with Crippen molar-refractivity contribution < 1.29 is 27.8 Å². The van der Waals surface area contributed by atoms with Gasteiger partial charge in [-0.3, -0.25) is 4.79 Å². The molecule has 2 heterocycles. The number of alkyl halides is 3. The molecule has 0 unspecified atom stereocenters. The Labute approximate surface area is 213 Å². The SMILES string of the molecule is CN1CCC[C@H]1COc1ccc(C(F)(F)F)cc1C(=O)N=c1sc(C(C)(C)C)cn1CC1(O)CCC1. The maximum absolute atomic E-state index is 13.5. The molecule has 2 aliphatic rings. The van der Waals surface area contributed by atoms with Crippen molar-refractivity contribution in [3.8, 4) is 5.75 Å². The van der Waals surface area contributed by atoms with Crippen LogP contribution in [0.5, 0.6) is 5.75 Å². The summed E-state index contributed by atoms with van der Waals surface area (Å²) < 4.78 is 48.1. The molecule has 2 fully saturated rings. The Hall–Kier alpha value is -2.17. The fraction of sp³-hybridized carbons (Fsp3) is 0.615. The lowest BCUT2D eigenvalue weighted by Crippen LogP contribution is -2.42. The predicted octanol–water partition coefficient (Wildman–Crippen LogP) is 5.00. The molecule has 6 nitrogen and oxygen atoms in total. The second-order valence-electron chi connectivity index (χ2n) is 11.0. The van der Waals surface area contributed by atoms with E-state index in [1.807, 2.05) is 34.0 Å². The summed E-state index contributed by atoms with van der Waals surface area (Å²) in [5, 5.41) is 10.7. The van der Waals surface area contributed by atoms with Crippen molar-refractivity contribution in [2.24, 2.45) is 4.99 Å². The molecule has 1 aromatic carbocycles. The highest BCUT2D eigenvalue weighted by atomic mass is 32.1. The molecule has 1 aromatic heterocycles.